The zero-order valence-corrected chi connectivity index (χ0v) is 15.2. The Hall–Kier alpha value is -2.41. The molecular formula is C18H21N3O3S. The Labute approximate surface area is 150 Å². The second kappa shape index (κ2) is 7.23. The predicted molar refractivity (Wildman–Crippen MR) is 99.0 cm³/mol. The van der Waals surface area contributed by atoms with E-state index in [1.165, 1.54) is 6.08 Å². The number of anilines is 1. The Morgan fingerprint density at radius 1 is 1.48 bits per heavy atom. The van der Waals surface area contributed by atoms with Gasteiger partial charge in [0.2, 0.25) is 11.8 Å². The summed E-state index contributed by atoms with van der Waals surface area (Å²) in [6, 6.07) is 3.73. The summed E-state index contributed by atoms with van der Waals surface area (Å²) < 4.78 is 6.40. The van der Waals surface area contributed by atoms with Gasteiger partial charge in [-0.3, -0.25) is 9.59 Å². The van der Waals surface area contributed by atoms with Crippen LogP contribution >= 0.6 is 11.3 Å². The minimum atomic E-state index is -0.235. The minimum absolute atomic E-state index is 0.0968. The number of hydrogen-bond acceptors (Lipinski definition) is 5. The average molecular weight is 359 g/mol. The number of nitrogens with zero attached hydrogens (tertiary/aromatic N) is 2. The van der Waals surface area contributed by atoms with Crippen molar-refractivity contribution in [3.8, 4) is 5.75 Å². The van der Waals surface area contributed by atoms with E-state index in [4.69, 9.17) is 4.74 Å². The molecular weight excluding hydrogens is 338 g/mol. The van der Waals surface area contributed by atoms with Gasteiger partial charge in [0.1, 0.15) is 5.75 Å². The number of benzene rings is 1. The van der Waals surface area contributed by atoms with E-state index in [-0.39, 0.29) is 17.7 Å². The van der Waals surface area contributed by atoms with Crippen LogP contribution in [-0.2, 0) is 9.59 Å². The molecule has 1 saturated heterocycles. The second-order valence-corrected chi connectivity index (χ2v) is 7.30. The molecule has 1 aromatic carbocycles. The number of likely N-dealkylation sites (tertiary alicyclic amines) is 1. The lowest BCUT2D eigenvalue weighted by molar-refractivity contribution is -0.130. The summed E-state index contributed by atoms with van der Waals surface area (Å²) in [5.41, 5.74) is 1.49. The highest BCUT2D eigenvalue weighted by molar-refractivity contribution is 7.18. The maximum atomic E-state index is 12.7. The van der Waals surface area contributed by atoms with Gasteiger partial charge in [0.25, 0.3) is 0 Å². The molecule has 1 unspecified atom stereocenters. The zero-order chi connectivity index (χ0) is 18.0. The molecule has 2 amide bonds. The average Bonchev–Trinajstić information content (AvgIpc) is 2.99. The first kappa shape index (κ1) is 17.4. The molecule has 0 bridgehead atoms. The number of nitrogens with one attached hydrogen (secondary N) is 1. The fraction of sp³-hybridized carbons (Fsp3) is 0.389. The first-order chi connectivity index (χ1) is 12.0. The molecule has 6 nitrogen and oxygen atoms in total. The maximum Gasteiger partial charge on any atom is 0.245 e. The summed E-state index contributed by atoms with van der Waals surface area (Å²) in [5, 5.41) is 3.93. The Morgan fingerprint density at radius 3 is 3.00 bits per heavy atom. The number of fused-ring (bicyclic) bond motifs is 1. The number of rotatable bonds is 4. The maximum absolute atomic E-state index is 12.7. The molecule has 0 radical (unpaired) electrons. The third-order valence-corrected chi connectivity index (χ3v) is 5.29. The zero-order valence-electron chi connectivity index (χ0n) is 14.4. The number of piperidine rings is 1. The van der Waals surface area contributed by atoms with E-state index in [9.17, 15) is 9.59 Å². The minimum Gasteiger partial charge on any atom is -0.494 e. The topological polar surface area (TPSA) is 71.5 Å². The molecule has 1 aliphatic rings. The number of ether oxygens (including phenoxy) is 1. The van der Waals surface area contributed by atoms with Crippen LogP contribution in [-0.4, -0.2) is 41.9 Å². The predicted octanol–water partition coefficient (Wildman–Crippen LogP) is 2.98. The highest BCUT2D eigenvalue weighted by Gasteiger charge is 2.28. The Bertz CT molecular complexity index is 830. The Kier molecular flexibility index (Phi) is 5.03. The van der Waals surface area contributed by atoms with Crippen molar-refractivity contribution < 1.29 is 14.3 Å². The SMILES string of the molecule is C=CC(=O)N1CCCC(C(=O)Nc2cc3sc(C)nc3cc2OC)C1. The highest BCUT2D eigenvalue weighted by Crippen LogP contribution is 2.33. The molecule has 0 aliphatic carbocycles. The third-order valence-electron chi connectivity index (χ3n) is 4.35. The van der Waals surface area contributed by atoms with Gasteiger partial charge in [-0.1, -0.05) is 6.58 Å². The van der Waals surface area contributed by atoms with Gasteiger partial charge < -0.3 is 15.0 Å². The van der Waals surface area contributed by atoms with Crippen molar-refractivity contribution in [2.24, 2.45) is 5.92 Å². The summed E-state index contributed by atoms with van der Waals surface area (Å²) in [7, 11) is 1.57. The van der Waals surface area contributed by atoms with Crippen LogP contribution in [0.3, 0.4) is 0 Å². The molecule has 0 spiro atoms. The van der Waals surface area contributed by atoms with Gasteiger partial charge in [0, 0.05) is 19.2 Å². The Morgan fingerprint density at radius 2 is 2.28 bits per heavy atom. The van der Waals surface area contributed by atoms with Crippen molar-refractivity contribution in [3.05, 3.63) is 29.8 Å². The number of carbonyl (C=O) groups is 2. The molecule has 1 aromatic heterocycles. The van der Waals surface area contributed by atoms with Crippen molar-refractivity contribution in [2.75, 3.05) is 25.5 Å². The Balaban J connectivity index is 1.79. The van der Waals surface area contributed by atoms with Crippen molar-refractivity contribution in [1.29, 1.82) is 0 Å². The van der Waals surface area contributed by atoms with Crippen LogP contribution in [0.5, 0.6) is 5.75 Å². The lowest BCUT2D eigenvalue weighted by atomic mass is 9.97. The quantitative estimate of drug-likeness (QED) is 0.852. The molecule has 7 heteroatoms. The first-order valence-electron chi connectivity index (χ1n) is 8.19. The third kappa shape index (κ3) is 3.66. The first-order valence-corrected chi connectivity index (χ1v) is 9.01. The van der Waals surface area contributed by atoms with Crippen molar-refractivity contribution in [3.63, 3.8) is 0 Å². The van der Waals surface area contributed by atoms with Gasteiger partial charge in [-0.25, -0.2) is 4.98 Å². The van der Waals surface area contributed by atoms with E-state index >= 15 is 0 Å². The molecule has 132 valence electrons. The second-order valence-electron chi connectivity index (χ2n) is 6.07. The normalized spacial score (nSPS) is 17.4. The summed E-state index contributed by atoms with van der Waals surface area (Å²) >= 11 is 1.57. The van der Waals surface area contributed by atoms with E-state index in [1.807, 2.05) is 19.1 Å². The van der Waals surface area contributed by atoms with Gasteiger partial charge in [0.05, 0.1) is 33.9 Å². The van der Waals surface area contributed by atoms with E-state index < -0.39 is 0 Å². The number of hydrogen-bond donors (Lipinski definition) is 1. The number of carbonyl (C=O) groups excluding carboxylic acids is 2. The van der Waals surface area contributed by atoms with Crippen LogP contribution in [0, 0.1) is 12.8 Å². The standard InChI is InChI=1S/C18H21N3O3S/c1-4-17(22)21-7-5-6-12(10-21)18(23)20-13-9-16-14(8-15(13)24-3)19-11(2)25-16/h4,8-9,12H,1,5-7,10H2,2-3H3,(H,20,23). The van der Waals surface area contributed by atoms with E-state index in [0.717, 1.165) is 28.1 Å². The fourth-order valence-corrected chi connectivity index (χ4v) is 3.94. The number of amides is 2. The summed E-state index contributed by atoms with van der Waals surface area (Å²) in [6.07, 6.45) is 2.86. The van der Waals surface area contributed by atoms with Gasteiger partial charge >= 0.3 is 0 Å². The van der Waals surface area contributed by atoms with Crippen LogP contribution in [0.15, 0.2) is 24.8 Å². The largest absolute Gasteiger partial charge is 0.494 e. The van der Waals surface area contributed by atoms with Gasteiger partial charge in [-0.2, -0.15) is 0 Å². The molecule has 2 heterocycles. The van der Waals surface area contributed by atoms with E-state index in [2.05, 4.69) is 16.9 Å². The van der Waals surface area contributed by atoms with Crippen LogP contribution in [0.4, 0.5) is 5.69 Å². The van der Waals surface area contributed by atoms with Gasteiger partial charge in [-0.05, 0) is 31.9 Å². The molecule has 1 atom stereocenters. The monoisotopic (exact) mass is 359 g/mol. The van der Waals surface area contributed by atoms with Crippen LogP contribution < -0.4 is 10.1 Å². The molecule has 25 heavy (non-hydrogen) atoms. The fourth-order valence-electron chi connectivity index (χ4n) is 3.09. The highest BCUT2D eigenvalue weighted by atomic mass is 32.1. The van der Waals surface area contributed by atoms with Gasteiger partial charge in [0.15, 0.2) is 0 Å². The van der Waals surface area contributed by atoms with Crippen molar-refractivity contribution in [1.82, 2.24) is 9.88 Å². The summed E-state index contributed by atoms with van der Waals surface area (Å²) in [4.78, 5) is 30.6. The molecule has 1 N–H and O–H groups in total. The van der Waals surface area contributed by atoms with Crippen LogP contribution in [0.25, 0.3) is 10.2 Å². The lowest BCUT2D eigenvalue weighted by Crippen LogP contribution is -2.43. The number of thiazole rings is 1. The molecule has 2 aromatic rings. The lowest BCUT2D eigenvalue weighted by Gasteiger charge is -2.31. The molecule has 1 fully saturated rings. The number of aryl methyl sites for hydroxylation is 1. The van der Waals surface area contributed by atoms with Gasteiger partial charge in [-0.15, -0.1) is 11.3 Å². The summed E-state index contributed by atoms with van der Waals surface area (Å²) in [5.74, 6) is 0.124. The van der Waals surface area contributed by atoms with Crippen molar-refractivity contribution >= 4 is 39.1 Å². The number of methoxy groups -OCH3 is 1. The molecule has 1 aliphatic heterocycles. The van der Waals surface area contributed by atoms with E-state index in [0.29, 0.717) is 24.5 Å². The molecule has 3 rings (SSSR count). The van der Waals surface area contributed by atoms with Crippen LogP contribution in [0.2, 0.25) is 0 Å². The number of aromatic nitrogens is 1. The molecule has 0 saturated carbocycles. The van der Waals surface area contributed by atoms with Crippen LogP contribution in [0.1, 0.15) is 17.8 Å². The van der Waals surface area contributed by atoms with Crippen molar-refractivity contribution in [2.45, 2.75) is 19.8 Å². The van der Waals surface area contributed by atoms with E-state index in [1.54, 1.807) is 23.3 Å². The smallest absolute Gasteiger partial charge is 0.245 e. The summed E-state index contributed by atoms with van der Waals surface area (Å²) in [6.45, 7) is 6.55.